The van der Waals surface area contributed by atoms with Gasteiger partial charge in [0.15, 0.2) is 11.6 Å². The molecule has 4 N–H and O–H groups in total. The van der Waals surface area contributed by atoms with Crippen LogP contribution in [0.3, 0.4) is 0 Å². The molecular formula is C19H15FN6. The van der Waals surface area contributed by atoms with Crippen LogP contribution in [0.15, 0.2) is 67.1 Å². The number of hydrogen-bond acceptors (Lipinski definition) is 6. The predicted octanol–water partition coefficient (Wildman–Crippen LogP) is 4.23. The van der Waals surface area contributed by atoms with Crippen LogP contribution in [0, 0.1) is 5.82 Å². The summed E-state index contributed by atoms with van der Waals surface area (Å²) in [6.07, 6.45) is 3.14. The molecule has 0 aliphatic carbocycles. The van der Waals surface area contributed by atoms with E-state index in [0.29, 0.717) is 23.0 Å². The Labute approximate surface area is 148 Å². The molecule has 0 amide bonds. The lowest BCUT2D eigenvalue weighted by atomic mass is 10.2. The van der Waals surface area contributed by atoms with E-state index in [2.05, 4.69) is 25.6 Å². The summed E-state index contributed by atoms with van der Waals surface area (Å²) in [5.74, 6) is 0.585. The molecule has 2 aromatic carbocycles. The minimum atomic E-state index is -0.308. The van der Waals surface area contributed by atoms with Gasteiger partial charge in [0.25, 0.3) is 0 Å². The summed E-state index contributed by atoms with van der Waals surface area (Å²) in [6, 6.07) is 15.6. The van der Waals surface area contributed by atoms with Crippen LogP contribution < -0.4 is 16.4 Å². The summed E-state index contributed by atoms with van der Waals surface area (Å²) >= 11 is 0. The number of aromatic nitrogens is 3. The highest BCUT2D eigenvalue weighted by Gasteiger charge is 2.10. The van der Waals surface area contributed by atoms with E-state index in [1.807, 2.05) is 30.3 Å². The lowest BCUT2D eigenvalue weighted by Gasteiger charge is -2.13. The zero-order chi connectivity index (χ0) is 17.9. The second-order valence-electron chi connectivity index (χ2n) is 5.62. The van der Waals surface area contributed by atoms with Crippen LogP contribution in [0.5, 0.6) is 0 Å². The van der Waals surface area contributed by atoms with Crippen molar-refractivity contribution in [3.63, 3.8) is 0 Å². The molecule has 0 spiro atoms. The highest BCUT2D eigenvalue weighted by Crippen LogP contribution is 2.30. The molecule has 0 saturated heterocycles. The average Bonchev–Trinajstić information content (AvgIpc) is 2.67. The largest absolute Gasteiger partial charge is 0.393 e. The third-order valence-electron chi connectivity index (χ3n) is 3.88. The first-order valence-corrected chi connectivity index (χ1v) is 7.94. The molecule has 0 atom stereocenters. The molecule has 0 aliphatic rings. The first-order chi connectivity index (χ1) is 12.7. The van der Waals surface area contributed by atoms with Gasteiger partial charge in [-0.25, -0.2) is 14.4 Å². The third kappa shape index (κ3) is 3.10. The molecule has 2 aromatic heterocycles. The van der Waals surface area contributed by atoms with Crippen LogP contribution in [0.25, 0.3) is 10.9 Å². The fourth-order valence-electron chi connectivity index (χ4n) is 2.60. The number of anilines is 5. The molecule has 0 saturated carbocycles. The molecule has 0 unspecified atom stereocenters. The first-order valence-electron chi connectivity index (χ1n) is 7.94. The molecule has 128 valence electrons. The highest BCUT2D eigenvalue weighted by atomic mass is 19.1. The van der Waals surface area contributed by atoms with Crippen molar-refractivity contribution in [1.82, 2.24) is 15.0 Å². The molecule has 2 heterocycles. The SMILES string of the molecule is Nc1c(Nc2ccc(F)cc2)ncnc1Nc1cccc2cccnc12. The van der Waals surface area contributed by atoms with Crippen molar-refractivity contribution in [3.8, 4) is 0 Å². The van der Waals surface area contributed by atoms with Crippen molar-refractivity contribution < 1.29 is 4.39 Å². The van der Waals surface area contributed by atoms with Gasteiger partial charge >= 0.3 is 0 Å². The topological polar surface area (TPSA) is 88.8 Å². The summed E-state index contributed by atoms with van der Waals surface area (Å²) in [5, 5.41) is 7.29. The van der Waals surface area contributed by atoms with Gasteiger partial charge in [0.05, 0.1) is 11.2 Å². The quantitative estimate of drug-likeness (QED) is 0.512. The second-order valence-corrected chi connectivity index (χ2v) is 5.62. The molecule has 4 aromatic rings. The first kappa shape index (κ1) is 15.8. The van der Waals surface area contributed by atoms with Crippen LogP contribution in [0.4, 0.5) is 33.1 Å². The van der Waals surface area contributed by atoms with Gasteiger partial charge in [-0.3, -0.25) is 4.98 Å². The van der Waals surface area contributed by atoms with E-state index in [-0.39, 0.29) is 5.82 Å². The van der Waals surface area contributed by atoms with Gasteiger partial charge in [0, 0.05) is 17.3 Å². The van der Waals surface area contributed by atoms with E-state index in [0.717, 1.165) is 16.6 Å². The smallest absolute Gasteiger partial charge is 0.159 e. The Bertz CT molecular complexity index is 1060. The van der Waals surface area contributed by atoms with E-state index in [1.54, 1.807) is 18.3 Å². The zero-order valence-corrected chi connectivity index (χ0v) is 13.6. The van der Waals surface area contributed by atoms with E-state index >= 15 is 0 Å². The van der Waals surface area contributed by atoms with Crippen LogP contribution in [-0.4, -0.2) is 15.0 Å². The molecule has 0 fully saturated rings. The monoisotopic (exact) mass is 346 g/mol. The summed E-state index contributed by atoms with van der Waals surface area (Å²) in [5.41, 5.74) is 8.85. The van der Waals surface area contributed by atoms with Crippen molar-refractivity contribution in [3.05, 3.63) is 72.9 Å². The summed E-state index contributed by atoms with van der Waals surface area (Å²) < 4.78 is 13.0. The van der Waals surface area contributed by atoms with Gasteiger partial charge in [0.2, 0.25) is 0 Å². The number of rotatable bonds is 4. The van der Waals surface area contributed by atoms with Crippen molar-refractivity contribution in [1.29, 1.82) is 0 Å². The highest BCUT2D eigenvalue weighted by molar-refractivity contribution is 5.93. The molecule has 26 heavy (non-hydrogen) atoms. The normalized spacial score (nSPS) is 10.7. The van der Waals surface area contributed by atoms with E-state index in [1.165, 1.54) is 18.5 Å². The summed E-state index contributed by atoms with van der Waals surface area (Å²) in [6.45, 7) is 0. The number of pyridine rings is 1. The number of nitrogens with one attached hydrogen (secondary N) is 2. The van der Waals surface area contributed by atoms with Crippen LogP contribution in [-0.2, 0) is 0 Å². The average molecular weight is 346 g/mol. The number of fused-ring (bicyclic) bond motifs is 1. The van der Waals surface area contributed by atoms with Gasteiger partial charge in [-0.05, 0) is 36.4 Å². The molecule has 4 rings (SSSR count). The Hall–Kier alpha value is -3.74. The number of para-hydroxylation sites is 1. The number of nitrogen functional groups attached to an aromatic ring is 1. The Kier molecular flexibility index (Phi) is 4.03. The van der Waals surface area contributed by atoms with Gasteiger partial charge in [-0.2, -0.15) is 0 Å². The Morgan fingerprint density at radius 3 is 2.35 bits per heavy atom. The summed E-state index contributed by atoms with van der Waals surface area (Å²) in [4.78, 5) is 12.8. The molecule has 6 nitrogen and oxygen atoms in total. The number of benzene rings is 2. The van der Waals surface area contributed by atoms with Gasteiger partial charge < -0.3 is 16.4 Å². The Balaban J connectivity index is 1.66. The fourth-order valence-corrected chi connectivity index (χ4v) is 2.60. The number of nitrogens with two attached hydrogens (primary N) is 1. The van der Waals surface area contributed by atoms with Gasteiger partial charge in [-0.1, -0.05) is 18.2 Å². The van der Waals surface area contributed by atoms with E-state index in [9.17, 15) is 4.39 Å². The Morgan fingerprint density at radius 2 is 1.54 bits per heavy atom. The minimum absolute atomic E-state index is 0.308. The maximum atomic E-state index is 13.0. The van der Waals surface area contributed by atoms with Gasteiger partial charge in [-0.15, -0.1) is 0 Å². The molecular weight excluding hydrogens is 331 g/mol. The lowest BCUT2D eigenvalue weighted by molar-refractivity contribution is 0.628. The number of halogens is 1. The van der Waals surface area contributed by atoms with Crippen molar-refractivity contribution >= 4 is 39.6 Å². The predicted molar refractivity (Wildman–Crippen MR) is 101 cm³/mol. The molecule has 7 heteroatoms. The molecule has 0 radical (unpaired) electrons. The molecule has 0 aliphatic heterocycles. The summed E-state index contributed by atoms with van der Waals surface area (Å²) in [7, 11) is 0. The van der Waals surface area contributed by atoms with Crippen molar-refractivity contribution in [2.75, 3.05) is 16.4 Å². The third-order valence-corrected chi connectivity index (χ3v) is 3.88. The minimum Gasteiger partial charge on any atom is -0.393 e. The number of hydrogen-bond donors (Lipinski definition) is 3. The van der Waals surface area contributed by atoms with E-state index < -0.39 is 0 Å². The zero-order valence-electron chi connectivity index (χ0n) is 13.6. The van der Waals surface area contributed by atoms with Crippen LogP contribution in [0.2, 0.25) is 0 Å². The maximum absolute atomic E-state index is 13.0. The lowest BCUT2D eigenvalue weighted by Crippen LogP contribution is -2.05. The van der Waals surface area contributed by atoms with Crippen LogP contribution in [0.1, 0.15) is 0 Å². The molecule has 0 bridgehead atoms. The maximum Gasteiger partial charge on any atom is 0.159 e. The van der Waals surface area contributed by atoms with Crippen molar-refractivity contribution in [2.45, 2.75) is 0 Å². The number of nitrogens with zero attached hydrogens (tertiary/aromatic N) is 3. The standard InChI is InChI=1S/C19H15FN6/c20-13-6-8-14(9-7-13)25-18-16(21)19(24-11-23-18)26-15-5-1-3-12-4-2-10-22-17(12)15/h1-11H,21H2,(H2,23,24,25,26). The Morgan fingerprint density at radius 1 is 0.808 bits per heavy atom. The second kappa shape index (κ2) is 6.64. The van der Waals surface area contributed by atoms with E-state index in [4.69, 9.17) is 5.73 Å². The fraction of sp³-hybridized carbons (Fsp3) is 0. The van der Waals surface area contributed by atoms with Crippen LogP contribution >= 0.6 is 0 Å². The van der Waals surface area contributed by atoms with Gasteiger partial charge in [0.1, 0.15) is 17.8 Å². The van der Waals surface area contributed by atoms with Crippen molar-refractivity contribution in [2.24, 2.45) is 0 Å².